The highest BCUT2D eigenvalue weighted by Gasteiger charge is 2.24. The van der Waals surface area contributed by atoms with Gasteiger partial charge in [-0.2, -0.15) is 4.98 Å². The molecule has 2 saturated heterocycles. The fourth-order valence-corrected chi connectivity index (χ4v) is 6.60. The number of carbonyl (C=O) groups excluding carboxylic acids is 1. The molecule has 2 aliphatic heterocycles. The summed E-state index contributed by atoms with van der Waals surface area (Å²) in [6, 6.07) is 12.0. The van der Waals surface area contributed by atoms with Crippen molar-refractivity contribution >= 4 is 45.5 Å². The first-order valence-corrected chi connectivity index (χ1v) is 14.9. The highest BCUT2D eigenvalue weighted by molar-refractivity contribution is 7.10. The van der Waals surface area contributed by atoms with Gasteiger partial charge in [0.15, 0.2) is 5.78 Å². The molecule has 0 radical (unpaired) electrons. The van der Waals surface area contributed by atoms with Crippen LogP contribution in [0.4, 0.5) is 17.3 Å². The van der Waals surface area contributed by atoms with Crippen LogP contribution in [0.1, 0.15) is 47.0 Å². The molecule has 2 aliphatic rings. The number of ketones is 1. The molecule has 2 fully saturated rings. The van der Waals surface area contributed by atoms with E-state index >= 15 is 0 Å². The van der Waals surface area contributed by atoms with Gasteiger partial charge in [0.25, 0.3) is 5.56 Å². The summed E-state index contributed by atoms with van der Waals surface area (Å²) in [5, 5.41) is 12.9. The van der Waals surface area contributed by atoms with Crippen LogP contribution in [0.15, 0.2) is 52.8 Å². The number of nitrogens with zero attached hydrogens (tertiary/aromatic N) is 4. The first kappa shape index (κ1) is 26.6. The van der Waals surface area contributed by atoms with Crippen molar-refractivity contribution in [2.45, 2.75) is 32.7 Å². The van der Waals surface area contributed by atoms with Crippen molar-refractivity contribution in [2.24, 2.45) is 5.92 Å². The summed E-state index contributed by atoms with van der Waals surface area (Å²) in [5.74, 6) is 0.390. The van der Waals surface area contributed by atoms with Gasteiger partial charge in [-0.3, -0.25) is 14.2 Å². The molecule has 5 heterocycles. The number of Topliss-reactive ketones (excluding diaryl/α,β-unsaturated/α-hetero) is 1. The second-order valence-corrected chi connectivity index (χ2v) is 11.8. The number of pyridine rings is 1. The lowest BCUT2D eigenvalue weighted by molar-refractivity contribution is 0.0937. The normalized spacial score (nSPS) is 17.6. The Balaban J connectivity index is 1.35. The number of nitrogens with one attached hydrogen (secondary N) is 3. The minimum atomic E-state index is -0.307. The van der Waals surface area contributed by atoms with Crippen molar-refractivity contribution < 1.29 is 4.79 Å². The van der Waals surface area contributed by atoms with Gasteiger partial charge in [-0.05, 0) is 60.3 Å². The smallest absolute Gasteiger partial charge is 0.263 e. The Labute approximate surface area is 237 Å². The number of piperazine rings is 1. The van der Waals surface area contributed by atoms with Crippen molar-refractivity contribution in [3.05, 3.63) is 74.3 Å². The maximum Gasteiger partial charge on any atom is 0.263 e. The van der Waals surface area contributed by atoms with Crippen molar-refractivity contribution in [1.82, 2.24) is 25.2 Å². The number of fused-ring (bicyclic) bond motifs is 1. The quantitative estimate of drug-likeness (QED) is 0.280. The highest BCUT2D eigenvalue weighted by Crippen LogP contribution is 2.31. The number of hydrogen-bond acceptors (Lipinski definition) is 9. The second-order valence-electron chi connectivity index (χ2n) is 10.8. The van der Waals surface area contributed by atoms with E-state index in [0.717, 1.165) is 56.9 Å². The summed E-state index contributed by atoms with van der Waals surface area (Å²) in [4.78, 5) is 39.8. The third-order valence-electron chi connectivity index (χ3n) is 7.76. The first-order valence-electron chi connectivity index (χ1n) is 14.0. The van der Waals surface area contributed by atoms with Gasteiger partial charge in [-0.1, -0.05) is 13.8 Å². The van der Waals surface area contributed by atoms with Crippen LogP contribution in [0, 0.1) is 5.92 Å². The van der Waals surface area contributed by atoms with Crippen LogP contribution in [-0.4, -0.2) is 59.6 Å². The van der Waals surface area contributed by atoms with E-state index in [9.17, 15) is 9.59 Å². The van der Waals surface area contributed by atoms with Crippen LogP contribution in [-0.2, 0) is 6.54 Å². The van der Waals surface area contributed by atoms with E-state index in [1.807, 2.05) is 26.0 Å². The minimum absolute atomic E-state index is 0.169. The van der Waals surface area contributed by atoms with Crippen molar-refractivity contribution in [1.29, 1.82) is 0 Å². The van der Waals surface area contributed by atoms with Crippen molar-refractivity contribution in [3.63, 3.8) is 0 Å². The lowest BCUT2D eigenvalue weighted by Gasteiger charge is -2.29. The van der Waals surface area contributed by atoms with Gasteiger partial charge in [0.2, 0.25) is 5.95 Å². The average molecular weight is 558 g/mol. The van der Waals surface area contributed by atoms with Gasteiger partial charge in [0, 0.05) is 72.4 Å². The number of thiophene rings is 1. The zero-order valence-electron chi connectivity index (χ0n) is 22.9. The maximum absolute atomic E-state index is 13.8. The Morgan fingerprint density at radius 3 is 2.65 bits per heavy atom. The molecule has 40 heavy (non-hydrogen) atoms. The van der Waals surface area contributed by atoms with Gasteiger partial charge in [-0.25, -0.2) is 4.98 Å². The average Bonchev–Trinajstić information content (AvgIpc) is 3.67. The summed E-state index contributed by atoms with van der Waals surface area (Å²) in [6.45, 7) is 9.89. The topological polar surface area (TPSA) is 104 Å². The van der Waals surface area contributed by atoms with Crippen LogP contribution in [0.2, 0.25) is 0 Å². The number of aromatic nitrogens is 3. The molecule has 6 rings (SSSR count). The Morgan fingerprint density at radius 2 is 1.93 bits per heavy atom. The van der Waals surface area contributed by atoms with Crippen molar-refractivity contribution in [3.8, 4) is 0 Å². The third kappa shape index (κ3) is 5.39. The summed E-state index contributed by atoms with van der Waals surface area (Å²) < 4.78 is 1.65. The third-order valence-corrected chi connectivity index (χ3v) is 8.88. The SMILES string of the molecule is CC(C)C(=O)c1cc2cnc(Nc3ccc(N4CCNCC4)cc3)nc2n(Cc2ccsc2C2CCNC2)c1=O. The predicted octanol–water partition coefficient (Wildman–Crippen LogP) is 3.97. The standard InChI is InChI=1S/C30H35N7O2S/c1-19(2)26(38)25-15-22-17-33-30(34-23-3-5-24(6-4-23)36-12-10-31-11-13-36)35-28(22)37(29(25)39)18-21-8-14-40-27(21)20-7-9-32-16-20/h3-6,8,14-15,17,19-20,31-32H,7,9-13,16,18H2,1-2H3,(H,33,34,35). The number of benzene rings is 1. The summed E-state index contributed by atoms with van der Waals surface area (Å²) in [5.41, 5.74) is 3.56. The Hall–Kier alpha value is -3.60. The molecule has 4 aromatic rings. The monoisotopic (exact) mass is 557 g/mol. The first-order chi connectivity index (χ1) is 19.5. The molecule has 10 heteroatoms. The molecule has 1 unspecified atom stereocenters. The molecule has 208 valence electrons. The molecule has 1 aromatic carbocycles. The van der Waals surface area contributed by atoms with E-state index in [2.05, 4.69) is 49.4 Å². The van der Waals surface area contributed by atoms with Gasteiger partial charge >= 0.3 is 0 Å². The molecule has 0 saturated carbocycles. The predicted molar refractivity (Wildman–Crippen MR) is 161 cm³/mol. The summed E-state index contributed by atoms with van der Waals surface area (Å²) >= 11 is 1.73. The minimum Gasteiger partial charge on any atom is -0.369 e. The van der Waals surface area contributed by atoms with E-state index in [4.69, 9.17) is 4.98 Å². The molecule has 3 N–H and O–H groups in total. The summed E-state index contributed by atoms with van der Waals surface area (Å²) in [7, 11) is 0. The van der Waals surface area contributed by atoms with E-state index in [0.29, 0.717) is 29.4 Å². The fraction of sp³-hybridized carbons (Fsp3) is 0.400. The van der Waals surface area contributed by atoms with Crippen molar-refractivity contribution in [2.75, 3.05) is 49.5 Å². The number of carbonyl (C=O) groups is 1. The Bertz CT molecular complexity index is 1570. The molecule has 9 nitrogen and oxygen atoms in total. The fourth-order valence-electron chi connectivity index (χ4n) is 5.55. The zero-order valence-corrected chi connectivity index (χ0v) is 23.8. The van der Waals surface area contributed by atoms with Crippen LogP contribution in [0.3, 0.4) is 0 Å². The van der Waals surface area contributed by atoms with Gasteiger partial charge in [-0.15, -0.1) is 11.3 Å². The lowest BCUT2D eigenvalue weighted by atomic mass is 10.0. The maximum atomic E-state index is 13.8. The molecule has 3 aromatic heterocycles. The Kier molecular flexibility index (Phi) is 7.64. The van der Waals surface area contributed by atoms with E-state index in [1.165, 1.54) is 10.6 Å². The highest BCUT2D eigenvalue weighted by atomic mass is 32.1. The molecular weight excluding hydrogens is 522 g/mol. The van der Waals surface area contributed by atoms with Crippen LogP contribution < -0.4 is 26.4 Å². The Morgan fingerprint density at radius 1 is 1.12 bits per heavy atom. The van der Waals surface area contributed by atoms with E-state index < -0.39 is 0 Å². The molecule has 0 aliphatic carbocycles. The van der Waals surface area contributed by atoms with Gasteiger partial charge in [0.1, 0.15) is 5.65 Å². The van der Waals surface area contributed by atoms with Gasteiger partial charge < -0.3 is 20.9 Å². The number of hydrogen-bond donors (Lipinski definition) is 3. The summed E-state index contributed by atoms with van der Waals surface area (Å²) in [6.07, 6.45) is 2.78. The molecular formula is C30H35N7O2S. The lowest BCUT2D eigenvalue weighted by Crippen LogP contribution is -2.43. The van der Waals surface area contributed by atoms with E-state index in [-0.39, 0.29) is 22.8 Å². The van der Waals surface area contributed by atoms with Crippen LogP contribution in [0.25, 0.3) is 11.0 Å². The molecule has 0 spiro atoms. The van der Waals surface area contributed by atoms with E-state index in [1.54, 1.807) is 28.2 Å². The number of anilines is 3. The second kappa shape index (κ2) is 11.5. The molecule has 0 bridgehead atoms. The van der Waals surface area contributed by atoms with Crippen LogP contribution in [0.5, 0.6) is 0 Å². The van der Waals surface area contributed by atoms with Gasteiger partial charge in [0.05, 0.1) is 12.1 Å². The largest absolute Gasteiger partial charge is 0.369 e. The van der Waals surface area contributed by atoms with Crippen LogP contribution >= 0.6 is 11.3 Å². The molecule has 1 atom stereocenters. The molecule has 0 amide bonds. The number of rotatable bonds is 8. The zero-order chi connectivity index (χ0) is 27.6.